The molecule has 3 aromatic carbocycles. The van der Waals surface area contributed by atoms with Crippen molar-refractivity contribution in [2.45, 2.75) is 85.0 Å². The topological polar surface area (TPSA) is 137 Å². The minimum Gasteiger partial charge on any atom is -0.490 e. The van der Waals surface area contributed by atoms with Crippen LogP contribution in [0, 0.1) is 25.2 Å². The van der Waals surface area contributed by atoms with Gasteiger partial charge in [0.1, 0.15) is 36.5 Å². The number of Topliss-reactive ketones (excluding diaryl/α,β-unsaturated/α-hetero) is 1. The molecule has 11 heteroatoms. The maximum atomic E-state index is 12.3. The molecule has 0 spiro atoms. The van der Waals surface area contributed by atoms with Crippen LogP contribution in [0.25, 0.3) is 11.1 Å². The number of aliphatic hydroxyl groups is 2. The average molecular weight is 741 g/mol. The van der Waals surface area contributed by atoms with Crippen LogP contribution in [0.3, 0.4) is 0 Å². The zero-order valence-electron chi connectivity index (χ0n) is 31.1. The number of rotatable bonds is 17. The minimum absolute atomic E-state index is 0.0241. The summed E-state index contributed by atoms with van der Waals surface area (Å²) in [6.45, 7) is 12.1. The Morgan fingerprint density at radius 1 is 1.06 bits per heavy atom. The lowest BCUT2D eigenvalue weighted by atomic mass is 9.93. The number of aromatic nitrogens is 1. The summed E-state index contributed by atoms with van der Waals surface area (Å²) in [4.78, 5) is 18.7. The predicted octanol–water partition coefficient (Wildman–Crippen LogP) is 6.70. The highest BCUT2D eigenvalue weighted by molar-refractivity contribution is 6.32. The number of benzene rings is 3. The van der Waals surface area contributed by atoms with Gasteiger partial charge < -0.3 is 29.3 Å². The highest BCUT2D eigenvalue weighted by Crippen LogP contribution is 2.37. The fourth-order valence-corrected chi connectivity index (χ4v) is 6.55. The van der Waals surface area contributed by atoms with Gasteiger partial charge in [0, 0.05) is 55.8 Å². The number of nitrogens with zero attached hydrogens (tertiary/aromatic N) is 3. The van der Waals surface area contributed by atoms with E-state index in [-0.39, 0.29) is 44.4 Å². The van der Waals surface area contributed by atoms with Gasteiger partial charge in [-0.15, -0.1) is 0 Å². The summed E-state index contributed by atoms with van der Waals surface area (Å²) >= 11 is 6.78. The van der Waals surface area contributed by atoms with Gasteiger partial charge in [-0.1, -0.05) is 41.9 Å². The maximum absolute atomic E-state index is 12.3. The lowest BCUT2D eigenvalue weighted by molar-refractivity contribution is -0.124. The normalized spacial score (nSPS) is 16.1. The molecule has 0 unspecified atom stereocenters. The van der Waals surface area contributed by atoms with E-state index in [0.29, 0.717) is 33.2 Å². The number of β-amino-alcohol motifs (C(OH)–C–C–N with tert-alkyl or cyclic N) is 1. The first-order valence-corrected chi connectivity index (χ1v) is 18.3. The van der Waals surface area contributed by atoms with E-state index in [1.54, 1.807) is 31.3 Å². The maximum Gasteiger partial charge on any atom is 0.151 e. The van der Waals surface area contributed by atoms with Crippen molar-refractivity contribution in [1.82, 2.24) is 15.2 Å². The third kappa shape index (κ3) is 10.1. The van der Waals surface area contributed by atoms with Crippen molar-refractivity contribution in [2.75, 3.05) is 26.2 Å². The van der Waals surface area contributed by atoms with Crippen LogP contribution in [-0.2, 0) is 24.6 Å². The number of likely N-dealkylation sites (tertiary alicyclic amines) is 1. The van der Waals surface area contributed by atoms with E-state index in [2.05, 4.69) is 54.2 Å². The quantitative estimate of drug-likeness (QED) is 0.107. The Balaban J connectivity index is 1.33. The Bertz CT molecular complexity index is 1950. The zero-order valence-corrected chi connectivity index (χ0v) is 31.9. The second kappa shape index (κ2) is 18.0. The monoisotopic (exact) mass is 740 g/mol. The van der Waals surface area contributed by atoms with Crippen LogP contribution < -0.4 is 19.5 Å². The van der Waals surface area contributed by atoms with Gasteiger partial charge in [-0.05, 0) is 93.5 Å². The molecule has 280 valence electrons. The van der Waals surface area contributed by atoms with Crippen LogP contribution in [0.1, 0.15) is 67.0 Å². The van der Waals surface area contributed by atoms with Crippen LogP contribution in [0.5, 0.6) is 17.2 Å². The molecule has 5 rings (SSSR count). The summed E-state index contributed by atoms with van der Waals surface area (Å²) in [5, 5.41) is 32.6. The number of pyridine rings is 1. The largest absolute Gasteiger partial charge is 0.490 e. The van der Waals surface area contributed by atoms with Crippen molar-refractivity contribution >= 4 is 17.4 Å². The van der Waals surface area contributed by atoms with Gasteiger partial charge in [-0.2, -0.15) is 5.26 Å². The van der Waals surface area contributed by atoms with Gasteiger partial charge in [0.05, 0.1) is 34.9 Å². The fourth-order valence-electron chi connectivity index (χ4n) is 6.31. The molecule has 1 fully saturated rings. The van der Waals surface area contributed by atoms with E-state index in [1.807, 2.05) is 24.3 Å². The first-order valence-electron chi connectivity index (χ1n) is 17.9. The molecule has 4 aromatic rings. The summed E-state index contributed by atoms with van der Waals surface area (Å²) in [7, 11) is 0. The van der Waals surface area contributed by atoms with Crippen molar-refractivity contribution in [1.29, 1.82) is 5.26 Å². The number of hydrogen-bond acceptors (Lipinski definition) is 10. The molecule has 53 heavy (non-hydrogen) atoms. The van der Waals surface area contributed by atoms with Crippen LogP contribution in [0.2, 0.25) is 5.02 Å². The predicted molar refractivity (Wildman–Crippen MR) is 205 cm³/mol. The van der Waals surface area contributed by atoms with Gasteiger partial charge in [0.25, 0.3) is 0 Å². The molecule has 1 aromatic heterocycles. The molecule has 1 saturated heterocycles. The van der Waals surface area contributed by atoms with Gasteiger partial charge >= 0.3 is 0 Å². The van der Waals surface area contributed by atoms with E-state index < -0.39 is 5.54 Å². The first kappa shape index (κ1) is 39.7. The SMILES string of the molecule is CC(=O)[C@](C)(CO)NCc1cc(Cl)c(OCc2cccc(-c3cccc(O[C@H](C)CCN4CC[C@@H](O)C4)c3C)c2C)cc1OCc1cncc(C#N)c1. The number of halogens is 1. The molecule has 0 aliphatic carbocycles. The van der Waals surface area contributed by atoms with Gasteiger partial charge in [0.2, 0.25) is 0 Å². The number of hydrogen-bond donors (Lipinski definition) is 3. The molecule has 3 atom stereocenters. The summed E-state index contributed by atoms with van der Waals surface area (Å²) in [5.74, 6) is 1.53. The van der Waals surface area contributed by atoms with Crippen molar-refractivity contribution < 1.29 is 29.2 Å². The second-order valence-corrected chi connectivity index (χ2v) is 14.4. The number of ether oxygens (including phenoxy) is 3. The van der Waals surface area contributed by atoms with Gasteiger partial charge in [-0.25, -0.2) is 0 Å². The Morgan fingerprint density at radius 3 is 2.49 bits per heavy atom. The lowest BCUT2D eigenvalue weighted by Gasteiger charge is -2.26. The molecule has 0 bridgehead atoms. The number of carbonyl (C=O) groups excluding carboxylic acids is 1. The molecule has 2 heterocycles. The molecule has 10 nitrogen and oxygen atoms in total. The van der Waals surface area contributed by atoms with Crippen LogP contribution in [0.4, 0.5) is 0 Å². The molecular formula is C42H49ClN4O6. The molecule has 1 aliphatic heterocycles. The third-order valence-corrected chi connectivity index (χ3v) is 10.3. The second-order valence-electron chi connectivity index (χ2n) is 14.0. The number of nitriles is 1. The molecule has 0 amide bonds. The van der Waals surface area contributed by atoms with Crippen molar-refractivity contribution in [3.63, 3.8) is 0 Å². The smallest absolute Gasteiger partial charge is 0.151 e. The number of nitrogens with one attached hydrogen (secondary N) is 1. The molecule has 1 aliphatic rings. The van der Waals surface area contributed by atoms with Crippen LogP contribution in [-0.4, -0.2) is 69.9 Å². The Kier molecular flexibility index (Phi) is 13.5. The molecule has 0 radical (unpaired) electrons. The van der Waals surface area contributed by atoms with E-state index >= 15 is 0 Å². The van der Waals surface area contributed by atoms with E-state index in [4.69, 9.17) is 25.8 Å². The zero-order chi connectivity index (χ0) is 38.1. The Hall–Kier alpha value is -4.50. The fraction of sp³-hybridized carbons (Fsp3) is 0.405. The van der Waals surface area contributed by atoms with E-state index in [9.17, 15) is 20.3 Å². The highest BCUT2D eigenvalue weighted by Gasteiger charge is 2.29. The molecule has 0 saturated carbocycles. The highest BCUT2D eigenvalue weighted by atomic mass is 35.5. The Morgan fingerprint density at radius 2 is 1.79 bits per heavy atom. The van der Waals surface area contributed by atoms with Gasteiger partial charge in [-0.3, -0.25) is 15.1 Å². The van der Waals surface area contributed by atoms with E-state index in [0.717, 1.165) is 66.0 Å². The summed E-state index contributed by atoms with van der Waals surface area (Å²) in [5.41, 5.74) is 5.91. The van der Waals surface area contributed by atoms with Crippen LogP contribution in [0.15, 0.2) is 67.0 Å². The standard InChI is InChI=1S/C42H49ClN4O6/c1-27(12-14-47-15-13-35(50)23-47)53-39-11-7-10-37(29(39)3)36-9-6-8-33(28(36)2)25-52-41-18-40(51-24-32-16-31(19-44)20-45-21-32)34(17-38(41)43)22-46-42(5,26-48)30(4)49/h6-11,16-18,20-21,27,35,46,48,50H,12-15,22-26H2,1-5H3/t27-,35-,42+/m1/s1. The van der Waals surface area contributed by atoms with Gasteiger partial charge in [0.15, 0.2) is 5.78 Å². The molecular weight excluding hydrogens is 692 g/mol. The van der Waals surface area contributed by atoms with Crippen molar-refractivity contribution in [2.24, 2.45) is 0 Å². The number of aliphatic hydroxyl groups excluding tert-OH is 2. The lowest BCUT2D eigenvalue weighted by Crippen LogP contribution is -2.51. The average Bonchev–Trinajstić information content (AvgIpc) is 3.58. The third-order valence-electron chi connectivity index (χ3n) is 10.0. The van der Waals surface area contributed by atoms with Crippen molar-refractivity contribution in [3.05, 3.63) is 105 Å². The minimum atomic E-state index is -1.15. The van der Waals surface area contributed by atoms with Crippen molar-refractivity contribution in [3.8, 4) is 34.4 Å². The van der Waals surface area contributed by atoms with Crippen LogP contribution >= 0.6 is 11.6 Å². The summed E-state index contributed by atoms with van der Waals surface area (Å²) < 4.78 is 19.0. The summed E-state index contributed by atoms with van der Waals surface area (Å²) in [6.07, 6.45) is 4.63. The molecule has 3 N–H and O–H groups in total. The summed E-state index contributed by atoms with van der Waals surface area (Å²) in [6, 6.07) is 19.5. The first-order chi connectivity index (χ1) is 25.4. The Labute approximate surface area is 317 Å². The van der Waals surface area contributed by atoms with E-state index in [1.165, 1.54) is 13.1 Å². The number of ketones is 1. The number of carbonyl (C=O) groups is 1.